The van der Waals surface area contributed by atoms with E-state index in [1.165, 1.54) is 12.5 Å². The van der Waals surface area contributed by atoms with Crippen molar-refractivity contribution < 1.29 is 6.22 Å². The molecule has 1 rings (SSSR count). The lowest BCUT2D eigenvalue weighted by molar-refractivity contribution is -0.114. The van der Waals surface area contributed by atoms with Crippen molar-refractivity contribution in [2.24, 2.45) is 0 Å². The molecule has 1 N–H and O–H groups in total. The molecular formula is C11H17NO. The zero-order chi connectivity index (χ0) is 9.84. The van der Waals surface area contributed by atoms with Crippen LogP contribution in [0.5, 0.6) is 0 Å². The Morgan fingerprint density at radius 2 is 1.85 bits per heavy atom. The van der Waals surface area contributed by atoms with E-state index in [0.717, 1.165) is 5.69 Å². The van der Waals surface area contributed by atoms with E-state index in [-0.39, 0.29) is 7.33 Å². The number of benzene rings is 1. The predicted molar refractivity (Wildman–Crippen MR) is 56.9 cm³/mol. The van der Waals surface area contributed by atoms with Crippen LogP contribution in [0.15, 0.2) is 24.3 Å². The number of amides is 1. The zero-order valence-corrected chi connectivity index (χ0v) is 8.29. The van der Waals surface area contributed by atoms with Crippen molar-refractivity contribution in [3.05, 3.63) is 29.8 Å². The molecule has 1 amide bonds. The molecule has 0 saturated carbocycles. The molecule has 0 fully saturated rings. The van der Waals surface area contributed by atoms with Crippen LogP contribution in [0.3, 0.4) is 0 Å². The van der Waals surface area contributed by atoms with E-state index in [4.69, 9.17) is 0 Å². The third kappa shape index (κ3) is 2.90. The summed E-state index contributed by atoms with van der Waals surface area (Å²) in [6, 6.07) is 7.93. The molecule has 0 spiro atoms. The SMILES string of the molecule is CC(=O)Nc1ccc(C(C)C)cc1.[HH]. The standard InChI is InChI=1S/C11H15NO.H2/c1-8(2)10-4-6-11(7-5-10)12-9(3)13;/h4-8H,1-3H3,(H,12,13);1H. The smallest absolute Gasteiger partial charge is 0.221 e. The fraction of sp³-hybridized carbons (Fsp3) is 0.364. The first-order valence-corrected chi connectivity index (χ1v) is 4.47. The van der Waals surface area contributed by atoms with Crippen LogP contribution in [0.4, 0.5) is 5.69 Å². The Kier molecular flexibility index (Phi) is 3.07. The average Bonchev–Trinajstić information content (AvgIpc) is 2.04. The van der Waals surface area contributed by atoms with Crippen LogP contribution in [-0.2, 0) is 4.79 Å². The summed E-state index contributed by atoms with van der Waals surface area (Å²) in [7, 11) is 0. The molecule has 0 aliphatic carbocycles. The molecule has 2 nitrogen and oxygen atoms in total. The number of nitrogens with one attached hydrogen (secondary N) is 1. The van der Waals surface area contributed by atoms with Gasteiger partial charge in [-0.15, -0.1) is 0 Å². The Morgan fingerprint density at radius 1 is 1.31 bits per heavy atom. The Morgan fingerprint density at radius 3 is 2.23 bits per heavy atom. The molecule has 0 aliphatic heterocycles. The van der Waals surface area contributed by atoms with Crippen molar-refractivity contribution in [1.82, 2.24) is 0 Å². The summed E-state index contributed by atoms with van der Waals surface area (Å²) >= 11 is 0. The average molecular weight is 179 g/mol. The molecule has 13 heavy (non-hydrogen) atoms. The van der Waals surface area contributed by atoms with Gasteiger partial charge in [0.2, 0.25) is 5.91 Å². The number of hydrogen-bond donors (Lipinski definition) is 1. The predicted octanol–water partition coefficient (Wildman–Crippen LogP) is 3.01. The second-order valence-corrected chi connectivity index (χ2v) is 3.46. The second-order valence-electron chi connectivity index (χ2n) is 3.46. The molecule has 0 atom stereocenters. The van der Waals surface area contributed by atoms with Gasteiger partial charge in [0.25, 0.3) is 0 Å². The molecule has 0 aromatic heterocycles. The van der Waals surface area contributed by atoms with Crippen LogP contribution < -0.4 is 5.32 Å². The molecule has 0 aliphatic rings. The van der Waals surface area contributed by atoms with Crippen LogP contribution >= 0.6 is 0 Å². The van der Waals surface area contributed by atoms with Crippen molar-refractivity contribution in [2.75, 3.05) is 5.32 Å². The van der Waals surface area contributed by atoms with Gasteiger partial charge in [-0.05, 0) is 23.6 Å². The molecule has 0 radical (unpaired) electrons. The summed E-state index contributed by atoms with van der Waals surface area (Å²) < 4.78 is 0. The second kappa shape index (κ2) is 4.08. The third-order valence-corrected chi connectivity index (χ3v) is 1.90. The van der Waals surface area contributed by atoms with Gasteiger partial charge in [0, 0.05) is 14.0 Å². The quantitative estimate of drug-likeness (QED) is 0.742. The first kappa shape index (κ1) is 9.78. The highest BCUT2D eigenvalue weighted by atomic mass is 16.1. The minimum atomic E-state index is -0.0303. The summed E-state index contributed by atoms with van der Waals surface area (Å²) in [6.45, 7) is 5.80. The maximum Gasteiger partial charge on any atom is 0.221 e. The van der Waals surface area contributed by atoms with Crippen molar-refractivity contribution in [1.29, 1.82) is 0 Å². The molecule has 0 saturated heterocycles. The third-order valence-electron chi connectivity index (χ3n) is 1.90. The van der Waals surface area contributed by atoms with Gasteiger partial charge in [0.1, 0.15) is 0 Å². The monoisotopic (exact) mass is 179 g/mol. The van der Waals surface area contributed by atoms with E-state index >= 15 is 0 Å². The van der Waals surface area contributed by atoms with Crippen LogP contribution in [0.25, 0.3) is 0 Å². The van der Waals surface area contributed by atoms with Gasteiger partial charge in [0.05, 0.1) is 0 Å². The fourth-order valence-electron chi connectivity index (χ4n) is 1.15. The highest BCUT2D eigenvalue weighted by Gasteiger charge is 1.99. The van der Waals surface area contributed by atoms with Gasteiger partial charge in [-0.1, -0.05) is 26.0 Å². The van der Waals surface area contributed by atoms with Gasteiger partial charge >= 0.3 is 0 Å². The van der Waals surface area contributed by atoms with E-state index in [0.29, 0.717) is 5.92 Å². The fourth-order valence-corrected chi connectivity index (χ4v) is 1.15. The molecule has 1 aromatic carbocycles. The number of carbonyl (C=O) groups is 1. The van der Waals surface area contributed by atoms with Crippen LogP contribution in [0.2, 0.25) is 0 Å². The lowest BCUT2D eigenvalue weighted by atomic mass is 10.0. The van der Waals surface area contributed by atoms with Gasteiger partial charge in [0.15, 0.2) is 0 Å². The highest BCUT2D eigenvalue weighted by Crippen LogP contribution is 2.16. The number of rotatable bonds is 2. The minimum absolute atomic E-state index is 0. The van der Waals surface area contributed by atoms with Gasteiger partial charge in [-0.25, -0.2) is 0 Å². The van der Waals surface area contributed by atoms with Crippen LogP contribution in [0, 0.1) is 0 Å². The molecular weight excluding hydrogens is 162 g/mol. The Balaban J connectivity index is 0.00000169. The topological polar surface area (TPSA) is 29.1 Å². The summed E-state index contributed by atoms with van der Waals surface area (Å²) in [5.74, 6) is 0.503. The van der Waals surface area contributed by atoms with Crippen molar-refractivity contribution in [3.63, 3.8) is 0 Å². The Labute approximate surface area is 80.5 Å². The summed E-state index contributed by atoms with van der Waals surface area (Å²) in [6.07, 6.45) is 0. The molecule has 0 unspecified atom stereocenters. The molecule has 2 heteroatoms. The molecule has 72 valence electrons. The number of carbonyl (C=O) groups excluding carboxylic acids is 1. The van der Waals surface area contributed by atoms with Crippen LogP contribution in [0.1, 0.15) is 33.7 Å². The van der Waals surface area contributed by atoms with E-state index in [1.807, 2.05) is 24.3 Å². The largest absolute Gasteiger partial charge is 0.326 e. The van der Waals surface area contributed by atoms with Gasteiger partial charge < -0.3 is 5.32 Å². The van der Waals surface area contributed by atoms with Gasteiger partial charge in [-0.3, -0.25) is 4.79 Å². The molecule has 0 bridgehead atoms. The first-order chi connectivity index (χ1) is 6.09. The van der Waals surface area contributed by atoms with Gasteiger partial charge in [-0.2, -0.15) is 0 Å². The maximum atomic E-state index is 10.7. The van der Waals surface area contributed by atoms with Crippen molar-refractivity contribution >= 4 is 11.6 Å². The number of anilines is 1. The minimum Gasteiger partial charge on any atom is -0.326 e. The normalized spacial score (nSPS) is 10.2. The van der Waals surface area contributed by atoms with E-state index in [1.54, 1.807) is 0 Å². The van der Waals surface area contributed by atoms with E-state index < -0.39 is 0 Å². The summed E-state index contributed by atoms with van der Waals surface area (Å²) in [5, 5.41) is 2.73. The zero-order valence-electron chi connectivity index (χ0n) is 8.29. The molecule has 1 aromatic rings. The first-order valence-electron chi connectivity index (χ1n) is 4.47. The lowest BCUT2D eigenvalue weighted by Crippen LogP contribution is -2.05. The van der Waals surface area contributed by atoms with E-state index in [9.17, 15) is 4.79 Å². The summed E-state index contributed by atoms with van der Waals surface area (Å²) in [4.78, 5) is 10.7. The molecule has 0 heterocycles. The van der Waals surface area contributed by atoms with Crippen molar-refractivity contribution in [3.8, 4) is 0 Å². The summed E-state index contributed by atoms with van der Waals surface area (Å²) in [5.41, 5.74) is 2.14. The van der Waals surface area contributed by atoms with E-state index in [2.05, 4.69) is 19.2 Å². The Hall–Kier alpha value is -1.31. The van der Waals surface area contributed by atoms with Crippen LogP contribution in [-0.4, -0.2) is 5.91 Å². The van der Waals surface area contributed by atoms with Crippen molar-refractivity contribution in [2.45, 2.75) is 26.7 Å². The highest BCUT2D eigenvalue weighted by molar-refractivity contribution is 5.88. The maximum absolute atomic E-state index is 10.7. The Bertz CT molecular complexity index is 293. The lowest BCUT2D eigenvalue weighted by Gasteiger charge is -2.06. The number of hydrogen-bond acceptors (Lipinski definition) is 1.